The van der Waals surface area contributed by atoms with Crippen LogP contribution in [0.2, 0.25) is 0 Å². The Hall–Kier alpha value is -1.70. The van der Waals surface area contributed by atoms with Gasteiger partial charge in [-0.15, -0.1) is 11.3 Å². The maximum atomic E-state index is 12.1. The molecule has 0 spiro atoms. The van der Waals surface area contributed by atoms with E-state index in [0.717, 1.165) is 3.79 Å². The molecule has 2 aromatic rings. The predicted molar refractivity (Wildman–Crippen MR) is 94.8 cm³/mol. The first-order chi connectivity index (χ1) is 11.0. The van der Waals surface area contributed by atoms with Crippen LogP contribution in [0.25, 0.3) is 0 Å². The van der Waals surface area contributed by atoms with Crippen LogP contribution in [0.1, 0.15) is 15.2 Å². The van der Waals surface area contributed by atoms with E-state index in [-0.39, 0.29) is 12.5 Å². The third-order valence-electron chi connectivity index (χ3n) is 3.04. The minimum atomic E-state index is -0.429. The van der Waals surface area contributed by atoms with E-state index in [1.54, 1.807) is 35.6 Å². The number of ether oxygens (including phenoxy) is 1. The second-order valence-corrected chi connectivity index (χ2v) is 7.55. The van der Waals surface area contributed by atoms with E-state index < -0.39 is 5.97 Å². The monoisotopic (exact) mass is 396 g/mol. The maximum Gasteiger partial charge on any atom is 0.337 e. The van der Waals surface area contributed by atoms with Crippen molar-refractivity contribution in [2.24, 2.45) is 0 Å². The van der Waals surface area contributed by atoms with Gasteiger partial charge in [0.25, 0.3) is 0 Å². The van der Waals surface area contributed by atoms with Crippen LogP contribution in [0.5, 0.6) is 0 Å². The Bertz CT molecular complexity index is 702. The van der Waals surface area contributed by atoms with Crippen molar-refractivity contribution in [2.75, 3.05) is 26.0 Å². The molecule has 0 aliphatic rings. The average Bonchev–Trinajstić information content (AvgIpc) is 2.91. The molecule has 0 radical (unpaired) electrons. The number of nitrogens with one attached hydrogen (secondary N) is 1. The van der Waals surface area contributed by atoms with Crippen molar-refractivity contribution < 1.29 is 14.3 Å². The summed E-state index contributed by atoms with van der Waals surface area (Å²) in [6.07, 6.45) is 0. The number of carbonyl (C=O) groups excluding carboxylic acids is 2. The standard InChI is InChI=1S/C16H17BrN2O3S/c1-19(9-13-6-7-14(17)23-13)10-15(20)18-12-5-3-4-11(8-12)16(21)22-2/h3-8H,9-10H2,1-2H3,(H,18,20). The highest BCUT2D eigenvalue weighted by molar-refractivity contribution is 9.11. The van der Waals surface area contributed by atoms with Gasteiger partial charge in [0, 0.05) is 17.1 Å². The van der Waals surface area contributed by atoms with Gasteiger partial charge in [0.2, 0.25) is 5.91 Å². The number of hydrogen-bond acceptors (Lipinski definition) is 5. The molecule has 0 saturated heterocycles. The number of benzene rings is 1. The first kappa shape index (κ1) is 17.7. The normalized spacial score (nSPS) is 10.6. The molecule has 1 heterocycles. The number of rotatable bonds is 6. The van der Waals surface area contributed by atoms with Crippen LogP contribution in [-0.2, 0) is 16.1 Å². The van der Waals surface area contributed by atoms with Gasteiger partial charge in [-0.2, -0.15) is 0 Å². The molecule has 1 aromatic heterocycles. The van der Waals surface area contributed by atoms with Crippen molar-refractivity contribution in [3.63, 3.8) is 0 Å². The zero-order valence-electron chi connectivity index (χ0n) is 12.8. The van der Waals surface area contributed by atoms with E-state index in [0.29, 0.717) is 17.8 Å². The number of thiophene rings is 1. The zero-order chi connectivity index (χ0) is 16.8. The lowest BCUT2D eigenvalue weighted by Gasteiger charge is -2.15. The lowest BCUT2D eigenvalue weighted by atomic mass is 10.2. The van der Waals surface area contributed by atoms with Crippen LogP contribution in [0.15, 0.2) is 40.2 Å². The van der Waals surface area contributed by atoms with Gasteiger partial charge in [-0.05, 0) is 53.3 Å². The number of likely N-dealkylation sites (N-methyl/N-ethyl adjacent to an activating group) is 1. The average molecular weight is 397 g/mol. The molecule has 2 rings (SSSR count). The summed E-state index contributed by atoms with van der Waals surface area (Å²) in [4.78, 5) is 26.7. The van der Waals surface area contributed by atoms with Gasteiger partial charge in [0.1, 0.15) is 0 Å². The van der Waals surface area contributed by atoms with Crippen molar-refractivity contribution >= 4 is 44.8 Å². The topological polar surface area (TPSA) is 58.6 Å². The van der Waals surface area contributed by atoms with Crippen LogP contribution < -0.4 is 5.32 Å². The van der Waals surface area contributed by atoms with Gasteiger partial charge in [0.15, 0.2) is 0 Å². The molecular formula is C16H17BrN2O3S. The second kappa shape index (κ2) is 8.24. The Balaban J connectivity index is 1.90. The number of nitrogens with zero attached hydrogens (tertiary/aromatic N) is 1. The Morgan fingerprint density at radius 2 is 2.09 bits per heavy atom. The minimum Gasteiger partial charge on any atom is -0.465 e. The van der Waals surface area contributed by atoms with Crippen molar-refractivity contribution in [3.05, 3.63) is 50.6 Å². The zero-order valence-corrected chi connectivity index (χ0v) is 15.2. The fraction of sp³-hybridized carbons (Fsp3) is 0.250. The molecule has 7 heteroatoms. The van der Waals surface area contributed by atoms with Crippen LogP contribution in [0.4, 0.5) is 5.69 Å². The molecule has 0 bridgehead atoms. The van der Waals surface area contributed by atoms with E-state index in [1.165, 1.54) is 12.0 Å². The number of anilines is 1. The molecule has 0 aliphatic heterocycles. The molecule has 5 nitrogen and oxygen atoms in total. The number of esters is 1. The Morgan fingerprint density at radius 1 is 1.30 bits per heavy atom. The highest BCUT2D eigenvalue weighted by atomic mass is 79.9. The van der Waals surface area contributed by atoms with Crippen molar-refractivity contribution in [1.29, 1.82) is 0 Å². The van der Waals surface area contributed by atoms with Crippen molar-refractivity contribution in [3.8, 4) is 0 Å². The molecule has 122 valence electrons. The summed E-state index contributed by atoms with van der Waals surface area (Å²) in [6, 6.07) is 10.7. The summed E-state index contributed by atoms with van der Waals surface area (Å²) in [6.45, 7) is 0.962. The molecule has 0 saturated carbocycles. The van der Waals surface area contributed by atoms with E-state index in [9.17, 15) is 9.59 Å². The van der Waals surface area contributed by atoms with Gasteiger partial charge in [-0.3, -0.25) is 9.69 Å². The first-order valence-electron chi connectivity index (χ1n) is 6.89. The maximum absolute atomic E-state index is 12.1. The van der Waals surface area contributed by atoms with E-state index in [1.807, 2.05) is 24.1 Å². The smallest absolute Gasteiger partial charge is 0.337 e. The van der Waals surface area contributed by atoms with E-state index >= 15 is 0 Å². The van der Waals surface area contributed by atoms with Crippen molar-refractivity contribution in [1.82, 2.24) is 4.90 Å². The largest absolute Gasteiger partial charge is 0.465 e. The Kier molecular flexibility index (Phi) is 6.32. The fourth-order valence-electron chi connectivity index (χ4n) is 2.05. The molecule has 1 N–H and O–H groups in total. The van der Waals surface area contributed by atoms with Gasteiger partial charge in [0.05, 0.1) is 23.0 Å². The summed E-state index contributed by atoms with van der Waals surface area (Å²) < 4.78 is 5.74. The summed E-state index contributed by atoms with van der Waals surface area (Å²) in [5.74, 6) is -0.563. The van der Waals surface area contributed by atoms with Gasteiger partial charge in [-0.1, -0.05) is 6.07 Å². The van der Waals surface area contributed by atoms with Crippen molar-refractivity contribution in [2.45, 2.75) is 6.54 Å². The lowest BCUT2D eigenvalue weighted by molar-refractivity contribution is -0.117. The van der Waals surface area contributed by atoms with Crippen LogP contribution >= 0.6 is 27.3 Å². The molecule has 1 aromatic carbocycles. The second-order valence-electron chi connectivity index (χ2n) is 5.00. The van der Waals surface area contributed by atoms with Crippen LogP contribution in [0.3, 0.4) is 0 Å². The van der Waals surface area contributed by atoms with E-state index in [2.05, 4.69) is 26.0 Å². The van der Waals surface area contributed by atoms with Gasteiger partial charge in [-0.25, -0.2) is 4.79 Å². The van der Waals surface area contributed by atoms with Gasteiger partial charge >= 0.3 is 5.97 Å². The minimum absolute atomic E-state index is 0.134. The molecule has 0 unspecified atom stereocenters. The fourth-order valence-corrected chi connectivity index (χ4v) is 3.61. The number of amides is 1. The summed E-state index contributed by atoms with van der Waals surface area (Å²) in [5, 5.41) is 2.79. The highest BCUT2D eigenvalue weighted by Crippen LogP contribution is 2.22. The number of carbonyl (C=O) groups is 2. The molecule has 0 fully saturated rings. The van der Waals surface area contributed by atoms with Crippen LogP contribution in [0, 0.1) is 0 Å². The third-order valence-corrected chi connectivity index (χ3v) is 4.64. The summed E-state index contributed by atoms with van der Waals surface area (Å²) in [7, 11) is 3.21. The number of halogens is 1. The summed E-state index contributed by atoms with van der Waals surface area (Å²) in [5.41, 5.74) is 0.979. The number of methoxy groups -OCH3 is 1. The molecule has 0 atom stereocenters. The predicted octanol–water partition coefficient (Wildman–Crippen LogP) is 3.37. The third kappa shape index (κ3) is 5.46. The Labute approximate surface area is 147 Å². The van der Waals surface area contributed by atoms with E-state index in [4.69, 9.17) is 0 Å². The summed E-state index contributed by atoms with van der Waals surface area (Å²) >= 11 is 5.07. The quantitative estimate of drug-likeness (QED) is 0.760. The molecular weight excluding hydrogens is 380 g/mol. The highest BCUT2D eigenvalue weighted by Gasteiger charge is 2.10. The first-order valence-corrected chi connectivity index (χ1v) is 8.50. The molecule has 23 heavy (non-hydrogen) atoms. The molecule has 1 amide bonds. The lowest BCUT2D eigenvalue weighted by Crippen LogP contribution is -2.29. The van der Waals surface area contributed by atoms with Gasteiger partial charge < -0.3 is 10.1 Å². The SMILES string of the molecule is COC(=O)c1cccc(NC(=O)CN(C)Cc2ccc(Br)s2)c1. The molecule has 0 aliphatic carbocycles. The number of hydrogen-bond donors (Lipinski definition) is 1. The van der Waals surface area contributed by atoms with Crippen LogP contribution in [-0.4, -0.2) is 37.5 Å². The Morgan fingerprint density at radius 3 is 2.74 bits per heavy atom.